The molecule has 0 spiro atoms. The molecule has 4 nitrogen and oxygen atoms in total. The van der Waals surface area contributed by atoms with Gasteiger partial charge in [-0.2, -0.15) is 0 Å². The first kappa shape index (κ1) is 12.3. The Morgan fingerprint density at radius 1 is 1.37 bits per heavy atom. The number of hydrogen-bond acceptors (Lipinski definition) is 4. The van der Waals surface area contributed by atoms with E-state index in [0.717, 1.165) is 10.6 Å². The maximum Gasteiger partial charge on any atom is 0.102 e. The Labute approximate surface area is 115 Å². The summed E-state index contributed by atoms with van der Waals surface area (Å²) >= 11 is 1.63. The summed E-state index contributed by atoms with van der Waals surface area (Å²) in [7, 11) is 1.82. The van der Waals surface area contributed by atoms with Gasteiger partial charge in [-0.05, 0) is 24.4 Å². The molecule has 0 fully saturated rings. The molecule has 1 aromatic carbocycles. The minimum atomic E-state index is -0.917. The zero-order valence-corrected chi connectivity index (χ0v) is 11.7. The van der Waals surface area contributed by atoms with E-state index in [9.17, 15) is 5.11 Å². The number of fused-ring (bicyclic) bond motifs is 1. The normalized spacial score (nSPS) is 14.7. The van der Waals surface area contributed by atoms with Gasteiger partial charge in [0.05, 0.1) is 5.69 Å². The van der Waals surface area contributed by atoms with Gasteiger partial charge in [0, 0.05) is 29.2 Å². The van der Waals surface area contributed by atoms with E-state index in [-0.39, 0.29) is 0 Å². The van der Waals surface area contributed by atoms with Crippen LogP contribution in [0.15, 0.2) is 36.5 Å². The van der Waals surface area contributed by atoms with Gasteiger partial charge in [-0.3, -0.25) is 4.68 Å². The zero-order valence-electron chi connectivity index (χ0n) is 10.9. The van der Waals surface area contributed by atoms with Gasteiger partial charge < -0.3 is 5.11 Å². The van der Waals surface area contributed by atoms with Crippen LogP contribution in [-0.2, 0) is 19.1 Å². The lowest BCUT2D eigenvalue weighted by atomic mass is 9.98. The van der Waals surface area contributed by atoms with E-state index >= 15 is 0 Å². The van der Waals surface area contributed by atoms with Crippen molar-refractivity contribution in [2.24, 2.45) is 7.05 Å². The summed E-state index contributed by atoms with van der Waals surface area (Å²) in [6.07, 6.45) is 2.30. The fourth-order valence-electron chi connectivity index (χ4n) is 2.16. The van der Waals surface area contributed by atoms with Crippen LogP contribution in [0.2, 0.25) is 0 Å². The van der Waals surface area contributed by atoms with Gasteiger partial charge in [0.1, 0.15) is 5.60 Å². The first-order valence-corrected chi connectivity index (χ1v) is 6.93. The highest BCUT2D eigenvalue weighted by atomic mass is 32.1. The van der Waals surface area contributed by atoms with Gasteiger partial charge in [0.2, 0.25) is 0 Å². The van der Waals surface area contributed by atoms with Crippen molar-refractivity contribution in [2.75, 3.05) is 0 Å². The summed E-state index contributed by atoms with van der Waals surface area (Å²) in [6, 6.07) is 10.2. The van der Waals surface area contributed by atoms with Crippen LogP contribution in [0.25, 0.3) is 10.1 Å². The molecule has 19 heavy (non-hydrogen) atoms. The largest absolute Gasteiger partial charge is 0.384 e. The minimum Gasteiger partial charge on any atom is -0.384 e. The monoisotopic (exact) mass is 273 g/mol. The third kappa shape index (κ3) is 2.39. The lowest BCUT2D eigenvalue weighted by Gasteiger charge is -2.20. The molecular formula is C14H15N3OS. The Hall–Kier alpha value is -1.72. The van der Waals surface area contributed by atoms with Crippen molar-refractivity contribution in [2.45, 2.75) is 18.9 Å². The van der Waals surface area contributed by atoms with E-state index in [1.54, 1.807) is 16.0 Å². The van der Waals surface area contributed by atoms with Crippen LogP contribution in [0.4, 0.5) is 0 Å². The average Bonchev–Trinajstić information content (AvgIpc) is 2.95. The van der Waals surface area contributed by atoms with E-state index in [4.69, 9.17) is 0 Å². The molecule has 0 saturated heterocycles. The van der Waals surface area contributed by atoms with Gasteiger partial charge in [0.25, 0.3) is 0 Å². The van der Waals surface area contributed by atoms with Gasteiger partial charge in [-0.1, -0.05) is 23.4 Å². The molecule has 0 radical (unpaired) electrons. The van der Waals surface area contributed by atoms with Crippen molar-refractivity contribution < 1.29 is 5.11 Å². The average molecular weight is 273 g/mol. The van der Waals surface area contributed by atoms with Gasteiger partial charge in [-0.15, -0.1) is 16.4 Å². The molecule has 98 valence electrons. The molecule has 0 aliphatic heterocycles. The number of rotatable bonds is 3. The minimum absolute atomic E-state index is 0.466. The van der Waals surface area contributed by atoms with Crippen LogP contribution in [0.1, 0.15) is 17.5 Å². The molecule has 0 bridgehead atoms. The second kappa shape index (κ2) is 4.43. The van der Waals surface area contributed by atoms with E-state index in [0.29, 0.717) is 6.42 Å². The molecular weight excluding hydrogens is 258 g/mol. The quantitative estimate of drug-likeness (QED) is 0.797. The Balaban J connectivity index is 1.94. The molecule has 3 rings (SSSR count). The predicted octanol–water partition coefficient (Wildman–Crippen LogP) is 2.48. The van der Waals surface area contributed by atoms with E-state index in [1.807, 2.05) is 32.3 Å². The highest BCUT2D eigenvalue weighted by Crippen LogP contribution is 2.34. The number of hydrogen-bond donors (Lipinski definition) is 1. The number of aryl methyl sites for hydroxylation is 1. The summed E-state index contributed by atoms with van der Waals surface area (Å²) in [4.78, 5) is 0.958. The maximum atomic E-state index is 10.7. The first-order chi connectivity index (χ1) is 9.04. The number of benzene rings is 1. The summed E-state index contributed by atoms with van der Waals surface area (Å²) in [5.74, 6) is 0. The fourth-order valence-corrected chi connectivity index (χ4v) is 3.27. The molecule has 0 aliphatic carbocycles. The Morgan fingerprint density at radius 2 is 2.16 bits per heavy atom. The second-order valence-corrected chi connectivity index (χ2v) is 6.07. The van der Waals surface area contributed by atoms with Gasteiger partial charge >= 0.3 is 0 Å². The van der Waals surface area contributed by atoms with Gasteiger partial charge in [0.15, 0.2) is 0 Å². The van der Waals surface area contributed by atoms with Crippen LogP contribution in [0.5, 0.6) is 0 Å². The molecule has 1 unspecified atom stereocenters. The number of aromatic nitrogens is 3. The zero-order chi connectivity index (χ0) is 13.5. The van der Waals surface area contributed by atoms with Crippen molar-refractivity contribution in [3.8, 4) is 0 Å². The number of aliphatic hydroxyl groups is 1. The number of nitrogens with zero attached hydrogens (tertiary/aromatic N) is 3. The Morgan fingerprint density at radius 3 is 2.84 bits per heavy atom. The van der Waals surface area contributed by atoms with Crippen LogP contribution >= 0.6 is 11.3 Å². The smallest absolute Gasteiger partial charge is 0.102 e. The van der Waals surface area contributed by atoms with Crippen molar-refractivity contribution in [3.63, 3.8) is 0 Å². The topological polar surface area (TPSA) is 50.9 Å². The molecule has 0 amide bonds. The van der Waals surface area contributed by atoms with Crippen LogP contribution in [-0.4, -0.2) is 20.1 Å². The summed E-state index contributed by atoms with van der Waals surface area (Å²) in [5.41, 5.74) is -0.121. The second-order valence-electron chi connectivity index (χ2n) is 4.98. The Bertz CT molecular complexity index is 681. The van der Waals surface area contributed by atoms with Crippen LogP contribution in [0.3, 0.4) is 0 Å². The molecule has 2 heterocycles. The summed E-state index contributed by atoms with van der Waals surface area (Å²) < 4.78 is 2.84. The molecule has 1 N–H and O–H groups in total. The molecule has 2 aromatic heterocycles. The van der Waals surface area contributed by atoms with Crippen molar-refractivity contribution in [1.29, 1.82) is 0 Å². The molecule has 5 heteroatoms. The van der Waals surface area contributed by atoms with Crippen molar-refractivity contribution in [3.05, 3.63) is 47.1 Å². The highest BCUT2D eigenvalue weighted by molar-refractivity contribution is 7.19. The van der Waals surface area contributed by atoms with E-state index in [2.05, 4.69) is 28.5 Å². The van der Waals surface area contributed by atoms with Crippen LogP contribution < -0.4 is 0 Å². The van der Waals surface area contributed by atoms with Crippen LogP contribution in [0, 0.1) is 0 Å². The van der Waals surface area contributed by atoms with E-state index in [1.165, 1.54) is 10.1 Å². The predicted molar refractivity (Wildman–Crippen MR) is 76.1 cm³/mol. The lowest BCUT2D eigenvalue weighted by molar-refractivity contribution is 0.0605. The Kier molecular flexibility index (Phi) is 2.88. The molecule has 1 atom stereocenters. The molecule has 3 aromatic rings. The SMILES string of the molecule is Cn1cc(CC(C)(O)c2cc3ccccc3s2)nn1. The third-order valence-electron chi connectivity index (χ3n) is 3.13. The summed E-state index contributed by atoms with van der Waals surface area (Å²) in [5, 5.41) is 19.8. The lowest BCUT2D eigenvalue weighted by Crippen LogP contribution is -2.23. The van der Waals surface area contributed by atoms with E-state index < -0.39 is 5.60 Å². The molecule has 0 saturated carbocycles. The standard InChI is InChI=1S/C14H15N3OS/c1-14(18,8-11-9-17(2)16-15-11)13-7-10-5-3-4-6-12(10)19-13/h3-7,9,18H,8H2,1-2H3. The van der Waals surface area contributed by atoms with Crippen molar-refractivity contribution in [1.82, 2.24) is 15.0 Å². The number of thiophene rings is 1. The molecule has 0 aliphatic rings. The maximum absolute atomic E-state index is 10.7. The highest BCUT2D eigenvalue weighted by Gasteiger charge is 2.27. The van der Waals surface area contributed by atoms with Crippen molar-refractivity contribution >= 4 is 21.4 Å². The fraction of sp³-hybridized carbons (Fsp3) is 0.286. The first-order valence-electron chi connectivity index (χ1n) is 6.11. The summed E-state index contributed by atoms with van der Waals surface area (Å²) in [6.45, 7) is 1.83. The third-order valence-corrected chi connectivity index (χ3v) is 4.50. The van der Waals surface area contributed by atoms with Gasteiger partial charge in [-0.25, -0.2) is 0 Å².